The van der Waals surface area contributed by atoms with Crippen LogP contribution in [-0.2, 0) is 6.54 Å². The van der Waals surface area contributed by atoms with Crippen LogP contribution in [0.4, 0.5) is 4.39 Å². The molecular weight excluding hydrogens is 395 g/mol. The van der Waals surface area contributed by atoms with Gasteiger partial charge in [0, 0.05) is 18.7 Å². The molecule has 4 rings (SSSR count). The number of aromatic nitrogens is 2. The summed E-state index contributed by atoms with van der Waals surface area (Å²) in [6.07, 6.45) is 3.62. The van der Waals surface area contributed by atoms with E-state index in [2.05, 4.69) is 32.5 Å². The number of halogens is 1. The third-order valence-corrected chi connectivity index (χ3v) is 5.84. The molecule has 2 aromatic carbocycles. The Bertz CT molecular complexity index is 993. The molecule has 2 N–H and O–H groups in total. The van der Waals surface area contributed by atoms with E-state index < -0.39 is 0 Å². The maximum absolute atomic E-state index is 13.2. The first-order chi connectivity index (χ1) is 15.1. The average Bonchev–Trinajstić information content (AvgIpc) is 3.29. The van der Waals surface area contributed by atoms with Gasteiger partial charge in [0.15, 0.2) is 0 Å². The smallest absolute Gasteiger partial charge is 0.255 e. The number of ether oxygens (including phenoxy) is 1. The SMILES string of the molecule is COc1ccc(CN2CCC(CNC(=O)c3cn[nH]c3-c3ccc(F)cc3)CC2)cc1. The van der Waals surface area contributed by atoms with E-state index in [0.717, 1.165) is 43.8 Å². The molecule has 7 heteroatoms. The fourth-order valence-corrected chi connectivity index (χ4v) is 3.96. The molecule has 0 radical (unpaired) electrons. The van der Waals surface area contributed by atoms with Crippen LogP contribution >= 0.6 is 0 Å². The summed E-state index contributed by atoms with van der Waals surface area (Å²) in [5.74, 6) is 0.858. The molecule has 1 amide bonds. The van der Waals surface area contributed by atoms with Crippen molar-refractivity contribution in [2.45, 2.75) is 19.4 Å². The molecule has 0 aliphatic carbocycles. The number of likely N-dealkylation sites (tertiary alicyclic amines) is 1. The molecule has 1 fully saturated rings. The zero-order valence-electron chi connectivity index (χ0n) is 17.6. The van der Waals surface area contributed by atoms with Gasteiger partial charge < -0.3 is 10.1 Å². The van der Waals surface area contributed by atoms with Crippen LogP contribution in [0.25, 0.3) is 11.3 Å². The topological polar surface area (TPSA) is 70.2 Å². The minimum atomic E-state index is -0.312. The number of hydrogen-bond acceptors (Lipinski definition) is 4. The van der Waals surface area contributed by atoms with Crippen molar-refractivity contribution in [3.8, 4) is 17.0 Å². The Morgan fingerprint density at radius 1 is 1.16 bits per heavy atom. The summed E-state index contributed by atoms with van der Waals surface area (Å²) in [5, 5.41) is 9.90. The zero-order valence-corrected chi connectivity index (χ0v) is 17.6. The van der Waals surface area contributed by atoms with Gasteiger partial charge in [0.2, 0.25) is 0 Å². The number of benzene rings is 2. The van der Waals surface area contributed by atoms with Gasteiger partial charge in [-0.2, -0.15) is 5.10 Å². The fraction of sp³-hybridized carbons (Fsp3) is 0.333. The molecule has 2 heterocycles. The molecule has 0 atom stereocenters. The number of carbonyl (C=O) groups is 1. The van der Waals surface area contributed by atoms with Gasteiger partial charge in [0.25, 0.3) is 5.91 Å². The van der Waals surface area contributed by atoms with E-state index >= 15 is 0 Å². The molecule has 1 aliphatic rings. The van der Waals surface area contributed by atoms with Gasteiger partial charge in [-0.25, -0.2) is 4.39 Å². The van der Waals surface area contributed by atoms with E-state index in [1.54, 1.807) is 19.2 Å². The van der Waals surface area contributed by atoms with Crippen molar-refractivity contribution < 1.29 is 13.9 Å². The number of nitrogens with zero attached hydrogens (tertiary/aromatic N) is 2. The maximum Gasteiger partial charge on any atom is 0.255 e. The van der Waals surface area contributed by atoms with E-state index in [1.165, 1.54) is 23.9 Å². The van der Waals surface area contributed by atoms with E-state index in [9.17, 15) is 9.18 Å². The quantitative estimate of drug-likeness (QED) is 0.607. The largest absolute Gasteiger partial charge is 0.497 e. The van der Waals surface area contributed by atoms with Crippen molar-refractivity contribution in [2.75, 3.05) is 26.7 Å². The summed E-state index contributed by atoms with van der Waals surface area (Å²) in [5.41, 5.74) is 3.09. The van der Waals surface area contributed by atoms with E-state index in [0.29, 0.717) is 23.7 Å². The Morgan fingerprint density at radius 3 is 2.55 bits per heavy atom. The van der Waals surface area contributed by atoms with Crippen molar-refractivity contribution >= 4 is 5.91 Å². The number of piperidine rings is 1. The maximum atomic E-state index is 13.2. The second kappa shape index (κ2) is 9.75. The molecular formula is C24H27FN4O2. The molecule has 6 nitrogen and oxygen atoms in total. The number of carbonyl (C=O) groups excluding carboxylic acids is 1. The molecule has 3 aromatic rings. The predicted molar refractivity (Wildman–Crippen MR) is 117 cm³/mol. The van der Waals surface area contributed by atoms with Gasteiger partial charge in [0.05, 0.1) is 24.6 Å². The van der Waals surface area contributed by atoms with Crippen molar-refractivity contribution in [1.82, 2.24) is 20.4 Å². The third kappa shape index (κ3) is 5.30. The van der Waals surface area contributed by atoms with Crippen LogP contribution in [0.3, 0.4) is 0 Å². The van der Waals surface area contributed by atoms with Crippen LogP contribution in [0.15, 0.2) is 54.7 Å². The number of methoxy groups -OCH3 is 1. The Hall–Kier alpha value is -3.19. The summed E-state index contributed by atoms with van der Waals surface area (Å²) in [6, 6.07) is 14.2. The highest BCUT2D eigenvalue weighted by molar-refractivity contribution is 5.99. The van der Waals surface area contributed by atoms with E-state index in [-0.39, 0.29) is 11.7 Å². The highest BCUT2D eigenvalue weighted by atomic mass is 19.1. The van der Waals surface area contributed by atoms with Crippen LogP contribution in [0.1, 0.15) is 28.8 Å². The molecule has 1 aromatic heterocycles. The van der Waals surface area contributed by atoms with Crippen molar-refractivity contribution in [3.05, 3.63) is 71.7 Å². The van der Waals surface area contributed by atoms with Crippen molar-refractivity contribution in [3.63, 3.8) is 0 Å². The van der Waals surface area contributed by atoms with Crippen LogP contribution < -0.4 is 10.1 Å². The number of H-pyrrole nitrogens is 1. The first kappa shape index (κ1) is 21.1. The fourth-order valence-electron chi connectivity index (χ4n) is 3.96. The van der Waals surface area contributed by atoms with E-state index in [4.69, 9.17) is 4.74 Å². The minimum absolute atomic E-state index is 0.159. The lowest BCUT2D eigenvalue weighted by molar-refractivity contribution is 0.0936. The standard InChI is InChI=1S/C24H27FN4O2/c1-31-21-8-2-18(3-9-21)16-29-12-10-17(11-13-29)14-26-24(30)22-15-27-28-23(22)19-4-6-20(25)7-5-19/h2-9,15,17H,10-14,16H2,1H3,(H,26,30)(H,27,28). The second-order valence-corrected chi connectivity index (χ2v) is 7.94. The van der Waals surface area contributed by atoms with Gasteiger partial charge in [0.1, 0.15) is 11.6 Å². The van der Waals surface area contributed by atoms with Gasteiger partial charge in [-0.3, -0.25) is 14.8 Å². The Labute approximate surface area is 181 Å². The van der Waals surface area contributed by atoms with Gasteiger partial charge in [-0.1, -0.05) is 12.1 Å². The summed E-state index contributed by atoms with van der Waals surface area (Å²) in [4.78, 5) is 15.1. The summed E-state index contributed by atoms with van der Waals surface area (Å²) < 4.78 is 18.4. The van der Waals surface area contributed by atoms with Gasteiger partial charge >= 0.3 is 0 Å². The zero-order chi connectivity index (χ0) is 21.6. The normalized spacial score (nSPS) is 15.0. The van der Waals surface area contributed by atoms with Gasteiger partial charge in [-0.05, 0) is 73.8 Å². The number of aromatic amines is 1. The van der Waals surface area contributed by atoms with Crippen LogP contribution in [0.5, 0.6) is 5.75 Å². The first-order valence-electron chi connectivity index (χ1n) is 10.5. The molecule has 1 aliphatic heterocycles. The van der Waals surface area contributed by atoms with E-state index in [1.807, 2.05) is 12.1 Å². The van der Waals surface area contributed by atoms with Crippen LogP contribution in [-0.4, -0.2) is 47.7 Å². The average molecular weight is 423 g/mol. The number of hydrogen-bond donors (Lipinski definition) is 2. The highest BCUT2D eigenvalue weighted by Crippen LogP contribution is 2.23. The van der Waals surface area contributed by atoms with Crippen LogP contribution in [0.2, 0.25) is 0 Å². The third-order valence-electron chi connectivity index (χ3n) is 5.84. The molecule has 0 saturated carbocycles. The Balaban J connectivity index is 1.26. The summed E-state index contributed by atoms with van der Waals surface area (Å²) in [6.45, 7) is 3.60. The van der Waals surface area contributed by atoms with Crippen LogP contribution in [0, 0.1) is 11.7 Å². The van der Waals surface area contributed by atoms with Crippen molar-refractivity contribution in [2.24, 2.45) is 5.92 Å². The predicted octanol–water partition coefficient (Wildman–Crippen LogP) is 3.87. The lowest BCUT2D eigenvalue weighted by atomic mass is 9.96. The lowest BCUT2D eigenvalue weighted by Crippen LogP contribution is -2.38. The molecule has 0 bridgehead atoms. The lowest BCUT2D eigenvalue weighted by Gasteiger charge is -2.32. The molecule has 162 valence electrons. The highest BCUT2D eigenvalue weighted by Gasteiger charge is 2.21. The molecule has 0 spiro atoms. The molecule has 31 heavy (non-hydrogen) atoms. The summed E-state index contributed by atoms with van der Waals surface area (Å²) in [7, 11) is 1.68. The minimum Gasteiger partial charge on any atom is -0.497 e. The van der Waals surface area contributed by atoms with Crippen molar-refractivity contribution in [1.29, 1.82) is 0 Å². The number of nitrogens with one attached hydrogen (secondary N) is 2. The molecule has 1 saturated heterocycles. The number of rotatable bonds is 7. The number of amides is 1. The molecule has 0 unspecified atom stereocenters. The second-order valence-electron chi connectivity index (χ2n) is 7.94. The first-order valence-corrected chi connectivity index (χ1v) is 10.5. The summed E-state index contributed by atoms with van der Waals surface area (Å²) >= 11 is 0. The Kier molecular flexibility index (Phi) is 6.62. The Morgan fingerprint density at radius 2 is 1.87 bits per heavy atom. The van der Waals surface area contributed by atoms with Gasteiger partial charge in [-0.15, -0.1) is 0 Å². The monoisotopic (exact) mass is 422 g/mol.